The molecule has 1 spiro atoms. The summed E-state index contributed by atoms with van der Waals surface area (Å²) in [6, 6.07) is 11.3. The predicted molar refractivity (Wildman–Crippen MR) is 127 cm³/mol. The van der Waals surface area contributed by atoms with Crippen molar-refractivity contribution in [3.8, 4) is 0 Å². The van der Waals surface area contributed by atoms with Crippen molar-refractivity contribution < 1.29 is 27.8 Å². The Hall–Kier alpha value is -2.84. The van der Waals surface area contributed by atoms with Crippen LogP contribution in [0.5, 0.6) is 0 Å². The average Bonchev–Trinajstić information content (AvgIpc) is 3.10. The minimum absolute atomic E-state index is 0.0589. The van der Waals surface area contributed by atoms with Gasteiger partial charge < -0.3 is 19.7 Å². The summed E-state index contributed by atoms with van der Waals surface area (Å²) in [5, 5.41) is 3.18. The van der Waals surface area contributed by atoms with E-state index in [1.54, 1.807) is 12.0 Å². The van der Waals surface area contributed by atoms with E-state index in [4.69, 9.17) is 9.47 Å². The Morgan fingerprint density at radius 3 is 2.49 bits per heavy atom. The molecule has 2 aromatic carbocycles. The molecule has 0 aromatic heterocycles. The summed E-state index contributed by atoms with van der Waals surface area (Å²) < 4.78 is 39.6. The summed E-state index contributed by atoms with van der Waals surface area (Å²) >= 11 is 0. The molecule has 2 amide bonds. The summed E-state index contributed by atoms with van der Waals surface area (Å²) in [4.78, 5) is 27.3. The smallest absolute Gasteiger partial charge is 0.256 e. The zero-order chi connectivity index (χ0) is 25.2. The van der Waals surface area contributed by atoms with E-state index in [-0.39, 0.29) is 29.5 Å². The molecular formula is C27H32F2N2O4. The fourth-order valence-corrected chi connectivity index (χ4v) is 5.35. The number of ether oxygens (including phenoxy) is 2. The maximum Gasteiger partial charge on any atom is 0.256 e. The third-order valence-corrected chi connectivity index (χ3v) is 7.21. The van der Waals surface area contributed by atoms with Gasteiger partial charge in [0, 0.05) is 31.5 Å². The topological polar surface area (TPSA) is 67.9 Å². The van der Waals surface area contributed by atoms with Crippen molar-refractivity contribution in [2.45, 2.75) is 44.2 Å². The maximum atomic E-state index is 14.3. The van der Waals surface area contributed by atoms with Crippen LogP contribution in [0, 0.1) is 17.6 Å². The summed E-state index contributed by atoms with van der Waals surface area (Å²) in [6.07, 6.45) is 0.789. The molecule has 35 heavy (non-hydrogen) atoms. The zero-order valence-corrected chi connectivity index (χ0v) is 20.4. The monoisotopic (exact) mass is 486 g/mol. The molecule has 6 nitrogen and oxygen atoms in total. The van der Waals surface area contributed by atoms with Crippen molar-refractivity contribution in [3.63, 3.8) is 0 Å². The van der Waals surface area contributed by atoms with Gasteiger partial charge >= 0.3 is 0 Å². The van der Waals surface area contributed by atoms with Crippen molar-refractivity contribution in [3.05, 3.63) is 70.8 Å². The molecule has 1 aliphatic heterocycles. The fraction of sp³-hybridized carbons (Fsp3) is 0.481. The molecule has 2 aliphatic rings. The molecule has 1 aliphatic carbocycles. The Labute approximate surface area is 204 Å². The highest BCUT2D eigenvalue weighted by Crippen LogP contribution is 2.52. The van der Waals surface area contributed by atoms with Crippen LogP contribution in [0.4, 0.5) is 8.78 Å². The maximum absolute atomic E-state index is 14.3. The lowest BCUT2D eigenvalue weighted by molar-refractivity contribution is -0.127. The number of rotatable bonds is 7. The number of hydrogen-bond donors (Lipinski definition) is 1. The third kappa shape index (κ3) is 4.69. The van der Waals surface area contributed by atoms with Crippen molar-refractivity contribution in [1.29, 1.82) is 0 Å². The van der Waals surface area contributed by atoms with Crippen molar-refractivity contribution in [2.75, 3.05) is 33.4 Å². The molecule has 2 aromatic rings. The lowest BCUT2D eigenvalue weighted by atomic mass is 9.71. The molecule has 1 fully saturated rings. The van der Waals surface area contributed by atoms with Crippen LogP contribution in [0.15, 0.2) is 42.5 Å². The Balaban J connectivity index is 1.63. The van der Waals surface area contributed by atoms with Crippen LogP contribution in [0.1, 0.15) is 54.2 Å². The second-order valence-electron chi connectivity index (χ2n) is 9.56. The Morgan fingerprint density at radius 2 is 1.80 bits per heavy atom. The van der Waals surface area contributed by atoms with Crippen LogP contribution >= 0.6 is 0 Å². The lowest BCUT2D eigenvalue weighted by Crippen LogP contribution is -2.52. The quantitative estimate of drug-likeness (QED) is 0.601. The Bertz CT molecular complexity index is 1080. The Morgan fingerprint density at radius 1 is 1.09 bits per heavy atom. The van der Waals surface area contributed by atoms with Crippen LogP contribution in [-0.4, -0.2) is 56.2 Å². The molecule has 0 bridgehead atoms. The van der Waals surface area contributed by atoms with E-state index in [9.17, 15) is 18.4 Å². The summed E-state index contributed by atoms with van der Waals surface area (Å²) in [6.45, 7) is 5.19. The van der Waals surface area contributed by atoms with E-state index in [2.05, 4.69) is 11.4 Å². The minimum atomic E-state index is -1.12. The molecule has 0 unspecified atom stereocenters. The average molecular weight is 487 g/mol. The highest BCUT2D eigenvalue weighted by atomic mass is 19.2. The first-order valence-electron chi connectivity index (χ1n) is 12.0. The molecule has 1 heterocycles. The largest absolute Gasteiger partial charge is 0.382 e. The molecule has 8 heteroatoms. The van der Waals surface area contributed by atoms with Gasteiger partial charge in [-0.25, -0.2) is 8.78 Å². The van der Waals surface area contributed by atoms with E-state index in [1.165, 1.54) is 12.1 Å². The van der Waals surface area contributed by atoms with Crippen LogP contribution in [0.2, 0.25) is 0 Å². The number of carbonyl (C=O) groups is 2. The second-order valence-corrected chi connectivity index (χ2v) is 9.56. The standard InChI is InChI=1S/C27H32F2N2O4/c1-17(2)25(32)30-23-18-7-4-5-9-20(18)27(24(23)35-16-15-34-3)11-13-31(14-12-27)26(33)19-8-6-10-21(28)22(19)29/h4-10,17,23-24H,11-16H2,1-3H3,(H,30,32)/t23-,24+/m0/s1. The summed E-state index contributed by atoms with van der Waals surface area (Å²) in [7, 11) is 1.61. The molecule has 1 N–H and O–H groups in total. The fourth-order valence-electron chi connectivity index (χ4n) is 5.35. The van der Waals surface area contributed by atoms with E-state index in [1.807, 2.05) is 32.0 Å². The highest BCUT2D eigenvalue weighted by molar-refractivity contribution is 5.94. The van der Waals surface area contributed by atoms with Gasteiger partial charge in [-0.2, -0.15) is 0 Å². The highest BCUT2D eigenvalue weighted by Gasteiger charge is 2.54. The van der Waals surface area contributed by atoms with E-state index in [0.717, 1.165) is 17.2 Å². The number of nitrogens with one attached hydrogen (secondary N) is 1. The first kappa shape index (κ1) is 25.3. The molecule has 1 saturated heterocycles. The first-order valence-corrected chi connectivity index (χ1v) is 12.0. The van der Waals surface area contributed by atoms with Crippen LogP contribution < -0.4 is 5.32 Å². The molecule has 0 saturated carbocycles. The van der Waals surface area contributed by atoms with Crippen molar-refractivity contribution in [2.24, 2.45) is 5.92 Å². The number of methoxy groups -OCH3 is 1. The molecule has 0 radical (unpaired) electrons. The van der Waals surface area contributed by atoms with E-state index in [0.29, 0.717) is 39.1 Å². The SMILES string of the molecule is COCCO[C@@H]1[C@@H](NC(=O)C(C)C)c2ccccc2C12CCN(C(=O)c1cccc(F)c1F)CC2. The van der Waals surface area contributed by atoms with E-state index < -0.39 is 23.0 Å². The first-order chi connectivity index (χ1) is 16.8. The number of halogens is 2. The van der Waals surface area contributed by atoms with E-state index >= 15 is 0 Å². The molecular weight excluding hydrogens is 454 g/mol. The summed E-state index contributed by atoms with van der Waals surface area (Å²) in [5.41, 5.74) is 1.42. The van der Waals surface area contributed by atoms with Gasteiger partial charge in [-0.1, -0.05) is 44.2 Å². The van der Waals surface area contributed by atoms with Crippen LogP contribution in [-0.2, 0) is 19.7 Å². The number of carbonyl (C=O) groups excluding carboxylic acids is 2. The van der Waals surface area contributed by atoms with Gasteiger partial charge in [0.05, 0.1) is 30.9 Å². The summed E-state index contributed by atoms with van der Waals surface area (Å²) in [5.74, 6) is -2.93. The predicted octanol–water partition coefficient (Wildman–Crippen LogP) is 4.00. The van der Waals surface area contributed by atoms with Crippen LogP contribution in [0.25, 0.3) is 0 Å². The number of piperidine rings is 1. The second kappa shape index (κ2) is 10.4. The number of likely N-dealkylation sites (tertiary alicyclic amines) is 1. The van der Waals surface area contributed by atoms with Crippen LogP contribution in [0.3, 0.4) is 0 Å². The normalized spacial score (nSPS) is 20.8. The number of fused-ring (bicyclic) bond motifs is 2. The van der Waals surface area contributed by atoms with Gasteiger partial charge in [-0.05, 0) is 36.1 Å². The molecule has 188 valence electrons. The minimum Gasteiger partial charge on any atom is -0.382 e. The van der Waals surface area contributed by atoms with Gasteiger partial charge in [0.1, 0.15) is 0 Å². The van der Waals surface area contributed by atoms with Gasteiger partial charge in [-0.15, -0.1) is 0 Å². The number of benzene rings is 2. The lowest BCUT2D eigenvalue weighted by Gasteiger charge is -2.44. The Kier molecular flexibility index (Phi) is 7.52. The molecule has 4 rings (SSSR count). The number of amides is 2. The zero-order valence-electron chi connectivity index (χ0n) is 20.4. The third-order valence-electron chi connectivity index (χ3n) is 7.21. The van der Waals surface area contributed by atoms with Gasteiger partial charge in [0.25, 0.3) is 5.91 Å². The number of hydrogen-bond acceptors (Lipinski definition) is 4. The van der Waals surface area contributed by atoms with Crippen molar-refractivity contribution >= 4 is 11.8 Å². The molecule has 2 atom stereocenters. The van der Waals surface area contributed by atoms with Gasteiger partial charge in [0.2, 0.25) is 5.91 Å². The van der Waals surface area contributed by atoms with Crippen molar-refractivity contribution in [1.82, 2.24) is 10.2 Å². The number of nitrogens with zero attached hydrogens (tertiary/aromatic N) is 1. The van der Waals surface area contributed by atoms with Gasteiger partial charge in [0.15, 0.2) is 11.6 Å². The van der Waals surface area contributed by atoms with Gasteiger partial charge in [-0.3, -0.25) is 9.59 Å².